The summed E-state index contributed by atoms with van der Waals surface area (Å²) in [5.74, 6) is 1.98. The van der Waals surface area contributed by atoms with Crippen LogP contribution in [0.3, 0.4) is 0 Å². The van der Waals surface area contributed by atoms with E-state index in [1.165, 1.54) is 32.1 Å². The Morgan fingerprint density at radius 2 is 1.71 bits per heavy atom. The molecule has 4 rings (SSSR count). The number of benzene rings is 2. The van der Waals surface area contributed by atoms with Crippen LogP contribution in [0, 0.1) is 10.1 Å². The maximum absolute atomic E-state index is 11.2. The van der Waals surface area contributed by atoms with Gasteiger partial charge in [0.15, 0.2) is 23.0 Å². The molecule has 0 saturated carbocycles. The van der Waals surface area contributed by atoms with Gasteiger partial charge >= 0.3 is 5.95 Å². The monoisotopic (exact) mass is 481 g/mol. The van der Waals surface area contributed by atoms with Gasteiger partial charge in [0.2, 0.25) is 5.75 Å². The molecule has 1 aliphatic rings. The van der Waals surface area contributed by atoms with Crippen molar-refractivity contribution in [2.45, 2.75) is 6.61 Å². The molecule has 0 radical (unpaired) electrons. The lowest BCUT2D eigenvalue weighted by Gasteiger charge is -2.17. The third-order valence-electron chi connectivity index (χ3n) is 5.45. The molecule has 0 saturated heterocycles. The number of ether oxygens (including phenoxy) is 5. The molecule has 0 atom stereocenters. The van der Waals surface area contributed by atoms with Crippen molar-refractivity contribution in [3.63, 3.8) is 0 Å². The van der Waals surface area contributed by atoms with Crippen molar-refractivity contribution in [1.82, 2.24) is 9.55 Å². The predicted molar refractivity (Wildman–Crippen MR) is 125 cm³/mol. The van der Waals surface area contributed by atoms with E-state index in [1.807, 2.05) is 6.07 Å². The summed E-state index contributed by atoms with van der Waals surface area (Å²) in [5, 5.41) is 19.8. The minimum absolute atomic E-state index is 0.0200. The maximum Gasteiger partial charge on any atom is 0.434 e. The van der Waals surface area contributed by atoms with Crippen LogP contribution >= 0.6 is 0 Å². The molecule has 12 heteroatoms. The molecule has 2 aromatic carbocycles. The molecule has 12 nitrogen and oxygen atoms in total. The van der Waals surface area contributed by atoms with Crippen molar-refractivity contribution in [3.05, 3.63) is 63.5 Å². The van der Waals surface area contributed by atoms with Crippen molar-refractivity contribution in [2.75, 3.05) is 28.4 Å². The minimum atomic E-state index is -0.559. The van der Waals surface area contributed by atoms with E-state index in [9.17, 15) is 10.1 Å². The van der Waals surface area contributed by atoms with Crippen LogP contribution in [-0.2, 0) is 18.4 Å². The Morgan fingerprint density at radius 1 is 1.00 bits per heavy atom. The number of fused-ring (bicyclic) bond motifs is 1. The van der Waals surface area contributed by atoms with Crippen LogP contribution in [0.5, 0.6) is 23.0 Å². The summed E-state index contributed by atoms with van der Waals surface area (Å²) >= 11 is 0. The van der Waals surface area contributed by atoms with E-state index in [4.69, 9.17) is 23.7 Å². The molecule has 1 aliphatic heterocycles. The maximum atomic E-state index is 11.2. The van der Waals surface area contributed by atoms with Crippen LogP contribution in [-0.4, -0.2) is 42.9 Å². The molecule has 35 heavy (non-hydrogen) atoms. The second-order valence-corrected chi connectivity index (χ2v) is 7.33. The van der Waals surface area contributed by atoms with Crippen molar-refractivity contribution in [3.8, 4) is 23.0 Å². The quantitative estimate of drug-likeness (QED) is 0.248. The van der Waals surface area contributed by atoms with E-state index < -0.39 is 4.92 Å². The molecule has 1 aromatic heterocycles. The zero-order valence-corrected chi connectivity index (χ0v) is 19.8. The van der Waals surface area contributed by atoms with E-state index >= 15 is 0 Å². The molecule has 0 unspecified atom stereocenters. The van der Waals surface area contributed by atoms with Crippen molar-refractivity contribution in [2.24, 2.45) is 17.3 Å². The number of hydrogen-bond acceptors (Lipinski definition) is 10. The van der Waals surface area contributed by atoms with Gasteiger partial charge in [0, 0.05) is 17.2 Å². The average Bonchev–Trinajstić information content (AvgIpc) is 3.46. The normalized spacial score (nSPS) is 13.3. The third-order valence-corrected chi connectivity index (χ3v) is 5.45. The highest BCUT2D eigenvalue weighted by Gasteiger charge is 2.26. The number of rotatable bonds is 9. The van der Waals surface area contributed by atoms with Crippen LogP contribution in [0.25, 0.3) is 11.5 Å². The van der Waals surface area contributed by atoms with Gasteiger partial charge < -0.3 is 33.8 Å². The summed E-state index contributed by atoms with van der Waals surface area (Å²) in [6, 6.07) is 8.86. The first-order chi connectivity index (χ1) is 16.9. The molecule has 0 amide bonds. The second kappa shape index (κ2) is 9.71. The summed E-state index contributed by atoms with van der Waals surface area (Å²) in [6.07, 6.45) is 1.39. The number of nitro groups is 1. The van der Waals surface area contributed by atoms with E-state index in [0.29, 0.717) is 51.4 Å². The van der Waals surface area contributed by atoms with Gasteiger partial charge in [-0.3, -0.25) is 0 Å². The Kier molecular flexibility index (Phi) is 6.53. The third kappa shape index (κ3) is 4.33. The predicted octanol–water partition coefficient (Wildman–Crippen LogP) is 4.50. The van der Waals surface area contributed by atoms with Gasteiger partial charge in [0.25, 0.3) is 0 Å². The molecule has 0 bridgehead atoms. The number of imidazole rings is 1. The summed E-state index contributed by atoms with van der Waals surface area (Å²) in [6.45, 7) is -0.0200. The minimum Gasteiger partial charge on any atom is -0.497 e. The smallest absolute Gasteiger partial charge is 0.434 e. The molecule has 182 valence electrons. The van der Waals surface area contributed by atoms with Gasteiger partial charge in [-0.05, 0) is 29.2 Å². The van der Waals surface area contributed by atoms with Gasteiger partial charge in [0.05, 0.1) is 41.2 Å². The lowest BCUT2D eigenvalue weighted by atomic mass is 10.0. The summed E-state index contributed by atoms with van der Waals surface area (Å²) in [5.41, 5.74) is 2.88. The Balaban J connectivity index is 1.84. The first-order valence-corrected chi connectivity index (χ1v) is 10.3. The zero-order chi connectivity index (χ0) is 25.1. The highest BCUT2D eigenvalue weighted by molar-refractivity contribution is 5.93. The molecular weight excluding hydrogens is 458 g/mol. The Bertz CT molecular complexity index is 1320. The SMILES string of the molecule is COc1ccc2c(c1)N=N/C2=C(\OCc1cnc([N+](=O)[O-])n1C)c1cc(OC)c(OC)c(OC)c1. The molecule has 2 heterocycles. The van der Waals surface area contributed by atoms with Gasteiger partial charge in [-0.25, -0.2) is 4.57 Å². The summed E-state index contributed by atoms with van der Waals surface area (Å²) in [7, 11) is 7.66. The fourth-order valence-electron chi connectivity index (χ4n) is 3.63. The van der Waals surface area contributed by atoms with Crippen molar-refractivity contribution >= 4 is 23.1 Å². The Morgan fingerprint density at radius 3 is 2.29 bits per heavy atom. The number of azo groups is 1. The number of methoxy groups -OCH3 is 4. The van der Waals surface area contributed by atoms with Gasteiger partial charge in [-0.1, -0.05) is 4.98 Å². The van der Waals surface area contributed by atoms with Gasteiger partial charge in [0.1, 0.15) is 24.3 Å². The molecule has 0 aliphatic carbocycles. The van der Waals surface area contributed by atoms with E-state index in [-0.39, 0.29) is 12.6 Å². The fourth-order valence-corrected chi connectivity index (χ4v) is 3.63. The van der Waals surface area contributed by atoms with E-state index in [0.717, 1.165) is 5.56 Å². The number of aromatic nitrogens is 2. The fraction of sp³-hybridized carbons (Fsp3) is 0.261. The standard InChI is InChI=1S/C23H23N5O7/c1-27-14(11-24-23(27)28(29)30)12-35-21(13-8-18(32-3)22(34-5)19(9-13)33-4)20-16-7-6-15(31-2)10-17(16)25-26-20/h6-11H,12H2,1-5H3/b21-20-. The first kappa shape index (κ1) is 23.5. The van der Waals surface area contributed by atoms with Crippen molar-refractivity contribution < 1.29 is 28.6 Å². The number of hydrogen-bond donors (Lipinski definition) is 0. The second-order valence-electron chi connectivity index (χ2n) is 7.33. The summed E-state index contributed by atoms with van der Waals surface area (Å²) < 4.78 is 29.3. The van der Waals surface area contributed by atoms with E-state index in [2.05, 4.69) is 15.2 Å². The Labute approximate surface area is 200 Å². The molecule has 0 spiro atoms. The van der Waals surface area contributed by atoms with Crippen molar-refractivity contribution in [1.29, 1.82) is 0 Å². The van der Waals surface area contributed by atoms with Crippen LogP contribution < -0.4 is 18.9 Å². The Hall–Kier alpha value is -4.61. The molecule has 0 fully saturated rings. The van der Waals surface area contributed by atoms with Gasteiger partial charge in [-0.2, -0.15) is 0 Å². The topological polar surface area (TPSA) is 132 Å². The van der Waals surface area contributed by atoms with Crippen LogP contribution in [0.1, 0.15) is 16.8 Å². The highest BCUT2D eigenvalue weighted by atomic mass is 16.6. The first-order valence-electron chi connectivity index (χ1n) is 10.3. The molecule has 3 aromatic rings. The summed E-state index contributed by atoms with van der Waals surface area (Å²) in [4.78, 5) is 14.5. The number of nitrogens with zero attached hydrogens (tertiary/aromatic N) is 5. The van der Waals surface area contributed by atoms with Crippen LogP contribution in [0.4, 0.5) is 11.6 Å². The largest absolute Gasteiger partial charge is 0.497 e. The average molecular weight is 481 g/mol. The lowest BCUT2D eigenvalue weighted by Crippen LogP contribution is -2.05. The molecule has 0 N–H and O–H groups in total. The van der Waals surface area contributed by atoms with Crippen LogP contribution in [0.2, 0.25) is 0 Å². The lowest BCUT2D eigenvalue weighted by molar-refractivity contribution is -0.396. The van der Waals surface area contributed by atoms with Crippen LogP contribution in [0.15, 0.2) is 46.8 Å². The molecular formula is C23H23N5O7. The highest BCUT2D eigenvalue weighted by Crippen LogP contribution is 2.45. The van der Waals surface area contributed by atoms with E-state index in [1.54, 1.807) is 38.4 Å². The zero-order valence-electron chi connectivity index (χ0n) is 19.8. The van der Waals surface area contributed by atoms with Gasteiger partial charge in [-0.15, -0.1) is 10.2 Å².